The summed E-state index contributed by atoms with van der Waals surface area (Å²) in [5.74, 6) is -1.16. The van der Waals surface area contributed by atoms with Crippen molar-refractivity contribution in [2.75, 3.05) is 5.32 Å². The zero-order valence-corrected chi connectivity index (χ0v) is 10.8. The number of hydrogen-bond acceptors (Lipinski definition) is 4. The number of aromatic carboxylic acids is 1. The lowest BCUT2D eigenvalue weighted by Gasteiger charge is -2.09. The predicted molar refractivity (Wildman–Crippen MR) is 70.8 cm³/mol. The molecule has 0 radical (unpaired) electrons. The number of carboxylic acids is 1. The Morgan fingerprint density at radius 1 is 1.35 bits per heavy atom. The number of urea groups is 1. The average Bonchev–Trinajstić information content (AvgIpc) is 2.89. The van der Waals surface area contributed by atoms with Crippen molar-refractivity contribution < 1.29 is 19.2 Å². The first-order valence-electron chi connectivity index (χ1n) is 5.53. The van der Waals surface area contributed by atoms with Crippen LogP contribution in [-0.4, -0.2) is 22.3 Å². The molecule has 1 heterocycles. The van der Waals surface area contributed by atoms with E-state index in [1.54, 1.807) is 6.07 Å². The molecule has 0 saturated carbocycles. The number of benzene rings is 1. The van der Waals surface area contributed by atoms with Crippen LogP contribution in [0.15, 0.2) is 35.1 Å². The van der Waals surface area contributed by atoms with Gasteiger partial charge in [-0.2, -0.15) is 0 Å². The summed E-state index contributed by atoms with van der Waals surface area (Å²) in [7, 11) is 0. The second-order valence-electron chi connectivity index (χ2n) is 3.79. The standard InChI is InChI=1S/C12H10ClN3O4/c13-7-1-2-9(11(17)18)10(5-7)15-12(19)14-6-8-3-4-20-16-8/h1-5H,6H2,(H,17,18)(H2,14,15,19). The van der Waals surface area contributed by atoms with Gasteiger partial charge in [0.2, 0.25) is 0 Å². The van der Waals surface area contributed by atoms with Crippen LogP contribution in [0.25, 0.3) is 0 Å². The van der Waals surface area contributed by atoms with Gasteiger partial charge in [-0.3, -0.25) is 0 Å². The molecular formula is C12H10ClN3O4. The van der Waals surface area contributed by atoms with E-state index in [-0.39, 0.29) is 17.8 Å². The smallest absolute Gasteiger partial charge is 0.337 e. The highest BCUT2D eigenvalue weighted by Gasteiger charge is 2.13. The number of anilines is 1. The molecule has 0 saturated heterocycles. The lowest BCUT2D eigenvalue weighted by atomic mass is 10.2. The summed E-state index contributed by atoms with van der Waals surface area (Å²) in [6, 6.07) is 5.14. The van der Waals surface area contributed by atoms with Gasteiger partial charge in [0.25, 0.3) is 0 Å². The third kappa shape index (κ3) is 3.48. The Hall–Kier alpha value is -2.54. The molecule has 0 aliphatic rings. The molecule has 0 fully saturated rings. The predicted octanol–water partition coefficient (Wildman–Crippen LogP) is 2.35. The van der Waals surface area contributed by atoms with E-state index < -0.39 is 12.0 Å². The summed E-state index contributed by atoms with van der Waals surface area (Å²) in [4.78, 5) is 22.7. The van der Waals surface area contributed by atoms with Crippen LogP contribution in [0.5, 0.6) is 0 Å². The summed E-state index contributed by atoms with van der Waals surface area (Å²) >= 11 is 5.78. The van der Waals surface area contributed by atoms with Gasteiger partial charge < -0.3 is 20.3 Å². The summed E-state index contributed by atoms with van der Waals surface area (Å²) < 4.78 is 4.61. The summed E-state index contributed by atoms with van der Waals surface area (Å²) in [6.07, 6.45) is 1.38. The van der Waals surface area contributed by atoms with Crippen LogP contribution >= 0.6 is 11.6 Å². The molecule has 0 atom stereocenters. The van der Waals surface area contributed by atoms with E-state index in [0.717, 1.165) is 0 Å². The highest BCUT2D eigenvalue weighted by molar-refractivity contribution is 6.31. The van der Waals surface area contributed by atoms with Gasteiger partial charge in [-0.25, -0.2) is 9.59 Å². The maximum absolute atomic E-state index is 11.7. The fourth-order valence-electron chi connectivity index (χ4n) is 1.47. The van der Waals surface area contributed by atoms with Crippen molar-refractivity contribution in [2.45, 2.75) is 6.54 Å². The van der Waals surface area contributed by atoms with E-state index in [1.807, 2.05) is 0 Å². The molecular weight excluding hydrogens is 286 g/mol. The highest BCUT2D eigenvalue weighted by atomic mass is 35.5. The van der Waals surface area contributed by atoms with Crippen molar-refractivity contribution in [2.24, 2.45) is 0 Å². The first-order chi connectivity index (χ1) is 9.56. The van der Waals surface area contributed by atoms with Crippen LogP contribution in [-0.2, 0) is 6.54 Å². The minimum atomic E-state index is -1.16. The van der Waals surface area contributed by atoms with Gasteiger partial charge >= 0.3 is 12.0 Å². The number of rotatable bonds is 4. The second-order valence-corrected chi connectivity index (χ2v) is 4.23. The molecule has 0 aliphatic carbocycles. The Morgan fingerprint density at radius 2 is 2.15 bits per heavy atom. The highest BCUT2D eigenvalue weighted by Crippen LogP contribution is 2.21. The molecule has 0 bridgehead atoms. The molecule has 20 heavy (non-hydrogen) atoms. The van der Waals surface area contributed by atoms with Gasteiger partial charge in [0, 0.05) is 11.1 Å². The number of carbonyl (C=O) groups excluding carboxylic acids is 1. The van der Waals surface area contributed by atoms with E-state index in [2.05, 4.69) is 20.3 Å². The maximum atomic E-state index is 11.7. The van der Waals surface area contributed by atoms with Crippen LogP contribution < -0.4 is 10.6 Å². The van der Waals surface area contributed by atoms with E-state index >= 15 is 0 Å². The van der Waals surface area contributed by atoms with Gasteiger partial charge in [0.1, 0.15) is 12.0 Å². The number of carboxylic acid groups (broad SMARTS) is 1. The van der Waals surface area contributed by atoms with Gasteiger partial charge in [-0.15, -0.1) is 0 Å². The molecule has 104 valence electrons. The first kappa shape index (κ1) is 13.9. The van der Waals surface area contributed by atoms with Crippen LogP contribution in [0.3, 0.4) is 0 Å². The van der Waals surface area contributed by atoms with Crippen molar-refractivity contribution in [3.63, 3.8) is 0 Å². The Kier molecular flexibility index (Phi) is 4.21. The summed E-state index contributed by atoms with van der Waals surface area (Å²) in [5.41, 5.74) is 0.610. The second kappa shape index (κ2) is 6.07. The average molecular weight is 296 g/mol. The number of nitrogens with zero attached hydrogens (tertiary/aromatic N) is 1. The Labute approximate surface area is 118 Å². The monoisotopic (exact) mass is 295 g/mol. The van der Waals surface area contributed by atoms with E-state index in [1.165, 1.54) is 24.5 Å². The quantitative estimate of drug-likeness (QED) is 0.803. The molecule has 0 spiro atoms. The zero-order chi connectivity index (χ0) is 14.5. The molecule has 1 aromatic carbocycles. The van der Waals surface area contributed by atoms with Crippen molar-refractivity contribution in [1.82, 2.24) is 10.5 Å². The number of amides is 2. The molecule has 8 heteroatoms. The maximum Gasteiger partial charge on any atom is 0.337 e. The molecule has 2 amide bonds. The Bertz CT molecular complexity index is 628. The summed E-state index contributed by atoms with van der Waals surface area (Å²) in [5, 5.41) is 17.9. The van der Waals surface area contributed by atoms with Gasteiger partial charge in [0.05, 0.1) is 17.8 Å². The van der Waals surface area contributed by atoms with Crippen LogP contribution in [0, 0.1) is 0 Å². The third-order valence-electron chi connectivity index (χ3n) is 2.38. The van der Waals surface area contributed by atoms with Crippen LogP contribution in [0.1, 0.15) is 16.1 Å². The normalized spacial score (nSPS) is 10.1. The number of halogens is 1. The minimum Gasteiger partial charge on any atom is -0.478 e. The SMILES string of the molecule is O=C(NCc1ccon1)Nc1cc(Cl)ccc1C(=O)O. The van der Waals surface area contributed by atoms with Gasteiger partial charge in [-0.1, -0.05) is 16.8 Å². The molecule has 2 aromatic rings. The zero-order valence-electron chi connectivity index (χ0n) is 10.1. The van der Waals surface area contributed by atoms with Crippen LogP contribution in [0.4, 0.5) is 10.5 Å². The molecule has 3 N–H and O–H groups in total. The fourth-order valence-corrected chi connectivity index (χ4v) is 1.64. The topological polar surface area (TPSA) is 104 Å². The first-order valence-corrected chi connectivity index (χ1v) is 5.91. The molecule has 0 unspecified atom stereocenters. The van der Waals surface area contributed by atoms with E-state index in [0.29, 0.717) is 10.7 Å². The number of hydrogen-bond donors (Lipinski definition) is 3. The Balaban J connectivity index is 2.03. The van der Waals surface area contributed by atoms with E-state index in [4.69, 9.17) is 16.7 Å². The molecule has 7 nitrogen and oxygen atoms in total. The molecule has 1 aromatic heterocycles. The van der Waals surface area contributed by atoms with Crippen molar-refractivity contribution >= 4 is 29.3 Å². The Morgan fingerprint density at radius 3 is 2.80 bits per heavy atom. The lowest BCUT2D eigenvalue weighted by molar-refractivity contribution is 0.0698. The van der Waals surface area contributed by atoms with E-state index in [9.17, 15) is 9.59 Å². The molecule has 0 aliphatic heterocycles. The molecule has 2 rings (SSSR count). The van der Waals surface area contributed by atoms with Gasteiger partial charge in [-0.05, 0) is 18.2 Å². The van der Waals surface area contributed by atoms with Crippen molar-refractivity contribution in [1.29, 1.82) is 0 Å². The number of nitrogens with one attached hydrogen (secondary N) is 2. The number of carbonyl (C=O) groups is 2. The van der Waals surface area contributed by atoms with Crippen molar-refractivity contribution in [3.8, 4) is 0 Å². The third-order valence-corrected chi connectivity index (χ3v) is 2.62. The fraction of sp³-hybridized carbons (Fsp3) is 0.0833. The summed E-state index contributed by atoms with van der Waals surface area (Å²) in [6.45, 7) is 0.158. The van der Waals surface area contributed by atoms with Crippen molar-refractivity contribution in [3.05, 3.63) is 46.8 Å². The van der Waals surface area contributed by atoms with Gasteiger partial charge in [0.15, 0.2) is 0 Å². The largest absolute Gasteiger partial charge is 0.478 e. The number of aromatic nitrogens is 1. The van der Waals surface area contributed by atoms with Crippen LogP contribution in [0.2, 0.25) is 5.02 Å². The minimum absolute atomic E-state index is 0.0500. The lowest BCUT2D eigenvalue weighted by Crippen LogP contribution is -2.29.